The van der Waals surface area contributed by atoms with E-state index in [9.17, 15) is 26.6 Å². The van der Waals surface area contributed by atoms with Crippen LogP contribution in [-0.4, -0.2) is 33.3 Å². The predicted octanol–water partition coefficient (Wildman–Crippen LogP) is 1.81. The summed E-state index contributed by atoms with van der Waals surface area (Å²) in [5, 5.41) is 10.7. The zero-order chi connectivity index (χ0) is 15.7. The third-order valence-electron chi connectivity index (χ3n) is 2.51. The zero-order valence-electron chi connectivity index (χ0n) is 10.4. The average Bonchev–Trinajstić information content (AvgIpc) is 2.29. The Morgan fingerprint density at radius 2 is 1.90 bits per heavy atom. The molecule has 9 heteroatoms. The Kier molecular flexibility index (Phi) is 4.55. The van der Waals surface area contributed by atoms with E-state index >= 15 is 0 Å². The van der Waals surface area contributed by atoms with Gasteiger partial charge in [0, 0.05) is 22.0 Å². The first-order valence-corrected chi connectivity index (χ1v) is 6.76. The second-order valence-electron chi connectivity index (χ2n) is 4.12. The van der Waals surface area contributed by atoms with Crippen molar-refractivity contribution < 1.29 is 31.7 Å². The van der Waals surface area contributed by atoms with Crippen LogP contribution in [0.1, 0.15) is 6.92 Å². The summed E-state index contributed by atoms with van der Waals surface area (Å²) in [5.74, 6) is -2.86. The van der Waals surface area contributed by atoms with Gasteiger partial charge in [-0.2, -0.15) is 13.2 Å². The smallest absolute Gasteiger partial charge is 0.373 e. The molecule has 0 aromatic heterocycles. The number of aliphatic hydroxyl groups is 1. The number of rotatable bonds is 3. The molecule has 1 amide bonds. The molecule has 0 fully saturated rings. The van der Waals surface area contributed by atoms with E-state index in [2.05, 4.69) is 0 Å². The lowest BCUT2D eigenvalue weighted by molar-refractivity contribution is -0.242. The molecule has 2 N–H and O–H groups in total. The topological polar surface area (TPSA) is 66.4 Å². The van der Waals surface area contributed by atoms with E-state index in [-0.39, 0.29) is 11.8 Å². The summed E-state index contributed by atoms with van der Waals surface area (Å²) in [6.07, 6.45) is -3.90. The molecule has 1 rings (SSSR count). The Hall–Kier alpha value is -1.48. The lowest BCUT2D eigenvalue weighted by Crippen LogP contribution is -2.52. The fourth-order valence-corrected chi connectivity index (χ4v) is 1.68. The normalized spacial score (nSPS) is 16.4. The van der Waals surface area contributed by atoms with Gasteiger partial charge in [0.1, 0.15) is 5.82 Å². The van der Waals surface area contributed by atoms with Gasteiger partial charge in [0.2, 0.25) is 5.60 Å². The van der Waals surface area contributed by atoms with Crippen molar-refractivity contribution in [3.05, 3.63) is 24.0 Å². The molecule has 0 heterocycles. The van der Waals surface area contributed by atoms with Gasteiger partial charge in [-0.05, 0) is 25.1 Å². The summed E-state index contributed by atoms with van der Waals surface area (Å²) in [5.41, 5.74) is -4.19. The van der Waals surface area contributed by atoms with Crippen molar-refractivity contribution in [2.75, 3.05) is 11.6 Å². The van der Waals surface area contributed by atoms with Crippen LogP contribution in [-0.2, 0) is 15.6 Å². The fraction of sp³-hybridized carbons (Fsp3) is 0.364. The standard InChI is InChI=1S/C11H11F4NO3S/c1-10(18,11(13,14)15)9(17)16-8-4-3-6(20(2)19)5-7(8)12/h3-5,18H,1-2H3,(H,16,17)/t10?,20-/m1/s1. The number of hydrogen-bond donors (Lipinski definition) is 2. The maximum absolute atomic E-state index is 13.5. The highest BCUT2D eigenvalue weighted by molar-refractivity contribution is 7.84. The molecule has 112 valence electrons. The number of benzene rings is 1. The minimum Gasteiger partial charge on any atom is -0.373 e. The Bertz CT molecular complexity index is 557. The highest BCUT2D eigenvalue weighted by atomic mass is 32.2. The Morgan fingerprint density at radius 1 is 1.35 bits per heavy atom. The molecule has 1 aromatic rings. The molecule has 0 saturated carbocycles. The highest BCUT2D eigenvalue weighted by Gasteiger charge is 2.55. The minimum atomic E-state index is -5.20. The molecule has 1 aromatic carbocycles. The van der Waals surface area contributed by atoms with Gasteiger partial charge in [-0.25, -0.2) is 4.39 Å². The Labute approximate surface area is 114 Å². The zero-order valence-corrected chi connectivity index (χ0v) is 11.2. The van der Waals surface area contributed by atoms with Crippen LogP contribution in [0, 0.1) is 5.82 Å². The molecule has 0 saturated heterocycles. The van der Waals surface area contributed by atoms with Crippen molar-refractivity contribution in [1.82, 2.24) is 0 Å². The molecular formula is C11H11F4NO3S. The van der Waals surface area contributed by atoms with Crippen molar-refractivity contribution in [1.29, 1.82) is 0 Å². The number of carbonyl (C=O) groups is 1. The number of alkyl halides is 3. The summed E-state index contributed by atoms with van der Waals surface area (Å²) >= 11 is 0. The van der Waals surface area contributed by atoms with Gasteiger partial charge < -0.3 is 10.4 Å². The number of halogens is 4. The number of nitrogens with one attached hydrogen (secondary N) is 1. The van der Waals surface area contributed by atoms with Crippen LogP contribution >= 0.6 is 0 Å². The van der Waals surface area contributed by atoms with E-state index in [4.69, 9.17) is 5.11 Å². The van der Waals surface area contributed by atoms with Crippen molar-refractivity contribution in [2.45, 2.75) is 23.6 Å². The molecule has 0 aliphatic carbocycles. The van der Waals surface area contributed by atoms with Gasteiger partial charge in [-0.15, -0.1) is 0 Å². The first kappa shape index (κ1) is 16.6. The van der Waals surface area contributed by atoms with Crippen LogP contribution in [0.3, 0.4) is 0 Å². The van der Waals surface area contributed by atoms with Crippen molar-refractivity contribution in [3.63, 3.8) is 0 Å². The molecule has 1 unspecified atom stereocenters. The van der Waals surface area contributed by atoms with Crippen molar-refractivity contribution >= 4 is 22.4 Å². The summed E-state index contributed by atoms with van der Waals surface area (Å²) < 4.78 is 61.9. The Morgan fingerprint density at radius 3 is 2.30 bits per heavy atom. The molecule has 0 aliphatic rings. The van der Waals surface area contributed by atoms with Crippen LogP contribution in [0.25, 0.3) is 0 Å². The molecular weight excluding hydrogens is 302 g/mol. The summed E-state index contributed by atoms with van der Waals surface area (Å²) in [6, 6.07) is 2.99. The minimum absolute atomic E-state index is 0.114. The maximum Gasteiger partial charge on any atom is 0.426 e. The second kappa shape index (κ2) is 5.49. The third-order valence-corrected chi connectivity index (χ3v) is 3.43. The van der Waals surface area contributed by atoms with Gasteiger partial charge in [0.25, 0.3) is 5.91 Å². The van der Waals surface area contributed by atoms with Crippen LogP contribution in [0.5, 0.6) is 0 Å². The lowest BCUT2D eigenvalue weighted by atomic mass is 10.1. The van der Waals surface area contributed by atoms with Crippen LogP contribution in [0.4, 0.5) is 23.2 Å². The molecule has 0 spiro atoms. The molecule has 2 atom stereocenters. The lowest BCUT2D eigenvalue weighted by Gasteiger charge is -2.24. The van der Waals surface area contributed by atoms with E-state index in [1.807, 2.05) is 0 Å². The van der Waals surface area contributed by atoms with Gasteiger partial charge in [-0.1, -0.05) is 0 Å². The number of carbonyl (C=O) groups excluding carboxylic acids is 1. The van der Waals surface area contributed by atoms with E-state index in [0.717, 1.165) is 12.1 Å². The molecule has 20 heavy (non-hydrogen) atoms. The fourth-order valence-electron chi connectivity index (χ4n) is 1.15. The van der Waals surface area contributed by atoms with Crippen molar-refractivity contribution in [3.8, 4) is 0 Å². The molecule has 0 aliphatic heterocycles. The van der Waals surface area contributed by atoms with E-state index in [1.165, 1.54) is 12.3 Å². The predicted molar refractivity (Wildman–Crippen MR) is 64.0 cm³/mol. The van der Waals surface area contributed by atoms with Crippen molar-refractivity contribution in [2.24, 2.45) is 0 Å². The monoisotopic (exact) mass is 313 g/mol. The maximum atomic E-state index is 13.5. The first-order valence-electron chi connectivity index (χ1n) is 5.20. The number of hydrogen-bond acceptors (Lipinski definition) is 3. The van der Waals surface area contributed by atoms with E-state index in [0.29, 0.717) is 0 Å². The second-order valence-corrected chi connectivity index (χ2v) is 5.50. The Balaban J connectivity index is 3.00. The summed E-state index contributed by atoms with van der Waals surface area (Å²) in [4.78, 5) is 11.5. The van der Waals surface area contributed by atoms with Gasteiger partial charge in [0.15, 0.2) is 0 Å². The highest BCUT2D eigenvalue weighted by Crippen LogP contribution is 2.31. The van der Waals surface area contributed by atoms with Crippen LogP contribution < -0.4 is 5.32 Å². The molecule has 4 nitrogen and oxygen atoms in total. The molecule has 0 radical (unpaired) electrons. The summed E-state index contributed by atoms with van der Waals surface area (Å²) in [7, 11) is -1.47. The number of amides is 1. The van der Waals surface area contributed by atoms with E-state index in [1.54, 1.807) is 5.32 Å². The van der Waals surface area contributed by atoms with Gasteiger partial charge in [-0.3, -0.25) is 9.00 Å². The summed E-state index contributed by atoms with van der Waals surface area (Å²) in [6.45, 7) is 0.260. The quantitative estimate of drug-likeness (QED) is 0.837. The SMILES string of the molecule is C[S@@](=O)c1ccc(NC(=O)C(C)(O)C(F)(F)F)c(F)c1. The van der Waals surface area contributed by atoms with Gasteiger partial charge >= 0.3 is 6.18 Å². The third kappa shape index (κ3) is 3.34. The van der Waals surface area contributed by atoms with Crippen LogP contribution in [0.15, 0.2) is 23.1 Å². The number of anilines is 1. The first-order chi connectivity index (χ1) is 8.96. The average molecular weight is 313 g/mol. The largest absolute Gasteiger partial charge is 0.426 e. The molecule has 0 bridgehead atoms. The van der Waals surface area contributed by atoms with Crippen LogP contribution in [0.2, 0.25) is 0 Å². The van der Waals surface area contributed by atoms with E-state index < -0.39 is 40.0 Å². The van der Waals surface area contributed by atoms with Gasteiger partial charge in [0.05, 0.1) is 5.69 Å².